The highest BCUT2D eigenvalue weighted by molar-refractivity contribution is 6.35. The molecule has 0 heterocycles. The monoisotopic (exact) mass is 313 g/mol. The van der Waals surface area contributed by atoms with Gasteiger partial charge < -0.3 is 5.32 Å². The van der Waals surface area contributed by atoms with E-state index in [1.807, 2.05) is 12.1 Å². The van der Waals surface area contributed by atoms with Crippen LogP contribution in [0.5, 0.6) is 0 Å². The molecular formula is C17H25Cl2N. The van der Waals surface area contributed by atoms with Gasteiger partial charge in [0.2, 0.25) is 0 Å². The minimum Gasteiger partial charge on any atom is -0.310 e. The van der Waals surface area contributed by atoms with Gasteiger partial charge in [-0.15, -0.1) is 0 Å². The number of halogens is 2. The van der Waals surface area contributed by atoms with Crippen molar-refractivity contribution in [1.29, 1.82) is 0 Å². The Labute approximate surface area is 133 Å². The number of rotatable bonds is 7. The summed E-state index contributed by atoms with van der Waals surface area (Å²) >= 11 is 12.4. The van der Waals surface area contributed by atoms with Gasteiger partial charge in [-0.25, -0.2) is 0 Å². The van der Waals surface area contributed by atoms with Crippen molar-refractivity contribution < 1.29 is 0 Å². The molecule has 1 saturated carbocycles. The first-order chi connectivity index (χ1) is 9.70. The summed E-state index contributed by atoms with van der Waals surface area (Å²) in [5, 5.41) is 5.14. The standard InChI is InChI=1S/C17H25Cl2N/c1-2-11-20-17(10-7-13-5-3-4-6-13)15-9-8-14(18)12-16(15)19/h8-9,12-13,17,20H,2-7,10-11H2,1H3. The molecule has 112 valence electrons. The number of hydrogen-bond donors (Lipinski definition) is 1. The van der Waals surface area contributed by atoms with Crippen LogP contribution in [0.3, 0.4) is 0 Å². The lowest BCUT2D eigenvalue weighted by molar-refractivity contribution is 0.412. The SMILES string of the molecule is CCCNC(CCC1CCCC1)c1ccc(Cl)cc1Cl. The second kappa shape index (κ2) is 8.26. The summed E-state index contributed by atoms with van der Waals surface area (Å²) in [7, 11) is 0. The van der Waals surface area contributed by atoms with Crippen molar-refractivity contribution in [1.82, 2.24) is 5.32 Å². The van der Waals surface area contributed by atoms with Gasteiger partial charge in [-0.1, -0.05) is 61.9 Å². The van der Waals surface area contributed by atoms with Crippen LogP contribution in [0.4, 0.5) is 0 Å². The van der Waals surface area contributed by atoms with Crippen molar-refractivity contribution in [2.24, 2.45) is 5.92 Å². The Morgan fingerprint density at radius 2 is 2.00 bits per heavy atom. The molecule has 1 aliphatic rings. The average molecular weight is 314 g/mol. The van der Waals surface area contributed by atoms with Crippen molar-refractivity contribution in [2.75, 3.05) is 6.54 Å². The topological polar surface area (TPSA) is 12.0 Å². The van der Waals surface area contributed by atoms with E-state index in [0.717, 1.165) is 23.9 Å². The van der Waals surface area contributed by atoms with Gasteiger partial charge in [-0.2, -0.15) is 0 Å². The smallest absolute Gasteiger partial charge is 0.0468 e. The van der Waals surface area contributed by atoms with Crippen LogP contribution in [0.15, 0.2) is 18.2 Å². The molecule has 1 aromatic rings. The highest BCUT2D eigenvalue weighted by Crippen LogP contribution is 2.34. The van der Waals surface area contributed by atoms with Gasteiger partial charge in [0.05, 0.1) is 0 Å². The zero-order chi connectivity index (χ0) is 14.4. The van der Waals surface area contributed by atoms with Crippen LogP contribution in [-0.2, 0) is 0 Å². The highest BCUT2D eigenvalue weighted by Gasteiger charge is 2.19. The van der Waals surface area contributed by atoms with E-state index in [9.17, 15) is 0 Å². The zero-order valence-electron chi connectivity index (χ0n) is 12.3. The maximum absolute atomic E-state index is 6.37. The van der Waals surface area contributed by atoms with E-state index in [2.05, 4.69) is 18.3 Å². The molecule has 1 aromatic carbocycles. The van der Waals surface area contributed by atoms with Crippen molar-refractivity contribution in [3.63, 3.8) is 0 Å². The van der Waals surface area contributed by atoms with E-state index in [0.29, 0.717) is 11.1 Å². The largest absolute Gasteiger partial charge is 0.310 e. The first-order valence-electron chi connectivity index (χ1n) is 7.89. The third-order valence-corrected chi connectivity index (χ3v) is 4.88. The summed E-state index contributed by atoms with van der Waals surface area (Å²) in [5.41, 5.74) is 1.20. The van der Waals surface area contributed by atoms with Crippen LogP contribution in [0.25, 0.3) is 0 Å². The molecule has 1 N–H and O–H groups in total. The molecule has 0 saturated heterocycles. The molecule has 3 heteroatoms. The molecule has 0 amide bonds. The lowest BCUT2D eigenvalue weighted by atomic mass is 9.94. The van der Waals surface area contributed by atoms with Gasteiger partial charge in [0.1, 0.15) is 0 Å². The van der Waals surface area contributed by atoms with Gasteiger partial charge in [-0.3, -0.25) is 0 Å². The van der Waals surface area contributed by atoms with Crippen LogP contribution < -0.4 is 5.32 Å². The molecule has 20 heavy (non-hydrogen) atoms. The van der Waals surface area contributed by atoms with Crippen LogP contribution in [0.2, 0.25) is 10.0 Å². The Hall–Kier alpha value is -0.240. The molecule has 0 bridgehead atoms. The lowest BCUT2D eigenvalue weighted by Gasteiger charge is -2.22. The number of nitrogens with one attached hydrogen (secondary N) is 1. The third-order valence-electron chi connectivity index (χ3n) is 4.32. The van der Waals surface area contributed by atoms with E-state index in [-0.39, 0.29) is 0 Å². The van der Waals surface area contributed by atoms with Crippen molar-refractivity contribution in [2.45, 2.75) is 57.9 Å². The molecule has 1 unspecified atom stereocenters. The van der Waals surface area contributed by atoms with Gasteiger partial charge >= 0.3 is 0 Å². The van der Waals surface area contributed by atoms with Crippen molar-refractivity contribution >= 4 is 23.2 Å². The van der Waals surface area contributed by atoms with Gasteiger partial charge in [0, 0.05) is 16.1 Å². The predicted octanol–water partition coefficient (Wildman–Crippen LogP) is 6.00. The first kappa shape index (κ1) is 16.1. The summed E-state index contributed by atoms with van der Waals surface area (Å²) in [6.45, 7) is 3.23. The van der Waals surface area contributed by atoms with Gasteiger partial charge in [0.25, 0.3) is 0 Å². The summed E-state index contributed by atoms with van der Waals surface area (Å²) in [4.78, 5) is 0. The second-order valence-corrected chi connectivity index (χ2v) is 6.74. The van der Waals surface area contributed by atoms with Crippen LogP contribution in [0, 0.1) is 5.92 Å². The summed E-state index contributed by atoms with van der Waals surface area (Å²) in [6.07, 6.45) is 9.28. The molecule has 0 spiro atoms. The lowest BCUT2D eigenvalue weighted by Crippen LogP contribution is -2.23. The van der Waals surface area contributed by atoms with E-state index in [4.69, 9.17) is 23.2 Å². The normalized spacial score (nSPS) is 17.6. The fraction of sp³-hybridized carbons (Fsp3) is 0.647. The molecule has 1 fully saturated rings. The fourth-order valence-corrected chi connectivity index (χ4v) is 3.71. The zero-order valence-corrected chi connectivity index (χ0v) is 13.8. The Morgan fingerprint density at radius 3 is 2.65 bits per heavy atom. The molecule has 2 rings (SSSR count). The minimum atomic E-state index is 0.361. The molecular weight excluding hydrogens is 289 g/mol. The Bertz CT molecular complexity index is 413. The van der Waals surface area contributed by atoms with Crippen LogP contribution >= 0.6 is 23.2 Å². The summed E-state index contributed by atoms with van der Waals surface area (Å²) in [5.74, 6) is 0.923. The molecule has 0 radical (unpaired) electrons. The molecule has 1 aliphatic carbocycles. The molecule has 0 aliphatic heterocycles. The highest BCUT2D eigenvalue weighted by atomic mass is 35.5. The Morgan fingerprint density at radius 1 is 1.25 bits per heavy atom. The van der Waals surface area contributed by atoms with Crippen molar-refractivity contribution in [3.8, 4) is 0 Å². The van der Waals surface area contributed by atoms with Crippen LogP contribution in [-0.4, -0.2) is 6.54 Å². The minimum absolute atomic E-state index is 0.361. The van der Waals surface area contributed by atoms with Gasteiger partial charge in [-0.05, 0) is 49.4 Å². The third kappa shape index (κ3) is 4.65. The summed E-state index contributed by atoms with van der Waals surface area (Å²) in [6, 6.07) is 6.24. The predicted molar refractivity (Wildman–Crippen MR) is 88.7 cm³/mol. The van der Waals surface area contributed by atoms with E-state index >= 15 is 0 Å². The van der Waals surface area contributed by atoms with E-state index < -0.39 is 0 Å². The maximum atomic E-state index is 6.37. The fourth-order valence-electron chi connectivity index (χ4n) is 3.17. The molecule has 1 atom stereocenters. The van der Waals surface area contributed by atoms with Gasteiger partial charge in [0.15, 0.2) is 0 Å². The second-order valence-electron chi connectivity index (χ2n) is 5.90. The number of benzene rings is 1. The molecule has 0 aromatic heterocycles. The number of hydrogen-bond acceptors (Lipinski definition) is 1. The maximum Gasteiger partial charge on any atom is 0.0468 e. The molecule has 1 nitrogen and oxygen atoms in total. The van der Waals surface area contributed by atoms with E-state index in [1.165, 1.54) is 44.1 Å². The Balaban J connectivity index is 2.01. The first-order valence-corrected chi connectivity index (χ1v) is 8.64. The van der Waals surface area contributed by atoms with E-state index in [1.54, 1.807) is 0 Å². The summed E-state index contributed by atoms with van der Waals surface area (Å²) < 4.78 is 0. The quantitative estimate of drug-likeness (QED) is 0.650. The van der Waals surface area contributed by atoms with Crippen LogP contribution in [0.1, 0.15) is 63.5 Å². The van der Waals surface area contributed by atoms with Crippen molar-refractivity contribution in [3.05, 3.63) is 33.8 Å². The Kier molecular flexibility index (Phi) is 6.67. The average Bonchev–Trinajstić information content (AvgIpc) is 2.93.